The van der Waals surface area contributed by atoms with Crippen LogP contribution in [0.3, 0.4) is 0 Å². The van der Waals surface area contributed by atoms with Gasteiger partial charge in [-0.15, -0.1) is 0 Å². The Kier molecular flexibility index (Phi) is 2.94. The van der Waals surface area contributed by atoms with E-state index in [0.29, 0.717) is 6.54 Å². The van der Waals surface area contributed by atoms with Crippen LogP contribution in [0.2, 0.25) is 0 Å². The Bertz CT molecular complexity index is 395. The first-order valence-corrected chi connectivity index (χ1v) is 5.25. The van der Waals surface area contributed by atoms with Crippen molar-refractivity contribution in [2.45, 2.75) is 25.4 Å². The van der Waals surface area contributed by atoms with E-state index in [1.165, 1.54) is 0 Å². The van der Waals surface area contributed by atoms with E-state index in [1.54, 1.807) is 6.20 Å². The van der Waals surface area contributed by atoms with Gasteiger partial charge in [0, 0.05) is 18.7 Å². The van der Waals surface area contributed by atoms with Gasteiger partial charge in [0.15, 0.2) is 0 Å². The van der Waals surface area contributed by atoms with Crippen LogP contribution >= 0.6 is 0 Å². The second kappa shape index (κ2) is 4.38. The number of fused-ring (bicyclic) bond motifs is 1. The molecule has 2 atom stereocenters. The summed E-state index contributed by atoms with van der Waals surface area (Å²) in [5.41, 5.74) is 0.842. The van der Waals surface area contributed by atoms with Crippen molar-refractivity contribution in [3.8, 4) is 5.75 Å². The molecule has 1 aromatic rings. The minimum atomic E-state index is -1.00. The summed E-state index contributed by atoms with van der Waals surface area (Å²) in [7, 11) is 0. The van der Waals surface area contributed by atoms with Gasteiger partial charge in [-0.2, -0.15) is 0 Å². The van der Waals surface area contributed by atoms with Crippen molar-refractivity contribution in [1.82, 2.24) is 10.3 Å². The number of aromatic nitrogens is 1. The van der Waals surface area contributed by atoms with Crippen LogP contribution in [0.4, 0.5) is 4.79 Å². The van der Waals surface area contributed by atoms with Gasteiger partial charge in [-0.25, -0.2) is 4.79 Å². The normalized spacial score (nSPS) is 23.1. The quantitative estimate of drug-likeness (QED) is 0.797. The fourth-order valence-corrected chi connectivity index (χ4v) is 1.98. The first kappa shape index (κ1) is 10.7. The second-order valence-corrected chi connectivity index (χ2v) is 3.93. The van der Waals surface area contributed by atoms with Gasteiger partial charge in [0.2, 0.25) is 0 Å². The second-order valence-electron chi connectivity index (χ2n) is 3.93. The lowest BCUT2D eigenvalue weighted by molar-refractivity contribution is 0.166. The number of amides is 1. The van der Waals surface area contributed by atoms with Crippen LogP contribution in [0.15, 0.2) is 18.3 Å². The number of carbonyl (C=O) groups is 1. The van der Waals surface area contributed by atoms with Crippen molar-refractivity contribution >= 4 is 6.09 Å². The predicted molar refractivity (Wildman–Crippen MR) is 57.7 cm³/mol. The van der Waals surface area contributed by atoms with Gasteiger partial charge < -0.3 is 15.2 Å². The van der Waals surface area contributed by atoms with Crippen LogP contribution in [0.5, 0.6) is 5.75 Å². The van der Waals surface area contributed by atoms with Crippen molar-refractivity contribution in [1.29, 1.82) is 0 Å². The van der Waals surface area contributed by atoms with Crippen molar-refractivity contribution in [3.63, 3.8) is 0 Å². The fourth-order valence-electron chi connectivity index (χ4n) is 1.98. The van der Waals surface area contributed by atoms with Gasteiger partial charge >= 0.3 is 6.09 Å². The molecule has 16 heavy (non-hydrogen) atoms. The molecule has 1 aliphatic rings. The number of nitrogens with zero attached hydrogens (tertiary/aromatic N) is 1. The highest BCUT2D eigenvalue weighted by atomic mass is 16.5. The van der Waals surface area contributed by atoms with Crippen molar-refractivity contribution in [2.75, 3.05) is 6.54 Å². The average Bonchev–Trinajstić information content (AvgIpc) is 2.25. The Labute approximate surface area is 93.5 Å². The Hall–Kier alpha value is -1.78. The highest BCUT2D eigenvalue weighted by Crippen LogP contribution is 2.33. The molecule has 0 unspecified atom stereocenters. The first-order valence-electron chi connectivity index (χ1n) is 5.25. The third kappa shape index (κ3) is 2.24. The third-order valence-corrected chi connectivity index (χ3v) is 2.63. The Morgan fingerprint density at radius 2 is 2.56 bits per heavy atom. The Morgan fingerprint density at radius 1 is 1.75 bits per heavy atom. The zero-order chi connectivity index (χ0) is 11.5. The standard InChI is InChI=1S/C11H14N2O3/c1-7-5-8(6-13-11(14)15)10-9(16-7)3-2-4-12-10/h2-4,7-8,13H,5-6H2,1H3,(H,14,15)/t7-,8-/m1/s1. The maximum atomic E-state index is 10.5. The van der Waals surface area contributed by atoms with Crippen LogP contribution in [-0.4, -0.2) is 28.8 Å². The zero-order valence-corrected chi connectivity index (χ0v) is 9.01. The highest BCUT2D eigenvalue weighted by molar-refractivity contribution is 5.64. The molecule has 0 spiro atoms. The summed E-state index contributed by atoms with van der Waals surface area (Å²) in [5.74, 6) is 0.856. The number of hydrogen-bond donors (Lipinski definition) is 2. The van der Waals surface area contributed by atoms with Gasteiger partial charge in [0.1, 0.15) is 5.75 Å². The van der Waals surface area contributed by atoms with E-state index in [-0.39, 0.29) is 12.0 Å². The molecule has 0 saturated carbocycles. The number of rotatable bonds is 2. The summed E-state index contributed by atoms with van der Waals surface area (Å²) >= 11 is 0. The molecule has 0 radical (unpaired) electrons. The van der Waals surface area contributed by atoms with E-state index in [1.807, 2.05) is 19.1 Å². The number of nitrogens with one attached hydrogen (secondary N) is 1. The molecular formula is C11H14N2O3. The van der Waals surface area contributed by atoms with E-state index in [0.717, 1.165) is 17.9 Å². The van der Waals surface area contributed by atoms with E-state index >= 15 is 0 Å². The lowest BCUT2D eigenvalue weighted by atomic mass is 9.94. The van der Waals surface area contributed by atoms with Gasteiger partial charge in [-0.1, -0.05) is 0 Å². The lowest BCUT2D eigenvalue weighted by Crippen LogP contribution is -2.32. The molecular weight excluding hydrogens is 208 g/mol. The molecule has 1 aromatic heterocycles. The number of carboxylic acid groups (broad SMARTS) is 1. The minimum Gasteiger partial charge on any atom is -0.489 e. The third-order valence-electron chi connectivity index (χ3n) is 2.63. The van der Waals surface area contributed by atoms with Gasteiger partial charge in [-0.05, 0) is 25.5 Å². The highest BCUT2D eigenvalue weighted by Gasteiger charge is 2.27. The fraction of sp³-hybridized carbons (Fsp3) is 0.455. The molecule has 5 heteroatoms. The molecule has 2 N–H and O–H groups in total. The molecule has 0 saturated heterocycles. The minimum absolute atomic E-state index is 0.0936. The Morgan fingerprint density at radius 3 is 3.31 bits per heavy atom. The summed E-state index contributed by atoms with van der Waals surface area (Å²) < 4.78 is 5.63. The van der Waals surface area contributed by atoms with E-state index in [9.17, 15) is 4.79 Å². The van der Waals surface area contributed by atoms with E-state index in [2.05, 4.69) is 10.3 Å². The first-order chi connectivity index (χ1) is 7.66. The van der Waals surface area contributed by atoms with Crippen molar-refractivity contribution in [3.05, 3.63) is 24.0 Å². The molecule has 0 bridgehead atoms. The summed E-state index contributed by atoms with van der Waals surface area (Å²) in [6.45, 7) is 2.36. The molecule has 2 rings (SSSR count). The molecule has 0 aliphatic carbocycles. The SMILES string of the molecule is C[C@@H]1C[C@H](CNC(=O)O)c2ncccc2O1. The maximum absolute atomic E-state index is 10.5. The van der Waals surface area contributed by atoms with Crippen molar-refractivity contribution in [2.24, 2.45) is 0 Å². The molecule has 5 nitrogen and oxygen atoms in total. The maximum Gasteiger partial charge on any atom is 0.404 e. The summed E-state index contributed by atoms with van der Waals surface area (Å²) in [5, 5.41) is 11.0. The van der Waals surface area contributed by atoms with Gasteiger partial charge in [0.05, 0.1) is 11.8 Å². The van der Waals surface area contributed by atoms with Crippen LogP contribution in [0.25, 0.3) is 0 Å². The largest absolute Gasteiger partial charge is 0.489 e. The average molecular weight is 222 g/mol. The molecule has 1 aliphatic heterocycles. The van der Waals surface area contributed by atoms with Crippen LogP contribution < -0.4 is 10.1 Å². The molecule has 0 aromatic carbocycles. The monoisotopic (exact) mass is 222 g/mol. The van der Waals surface area contributed by atoms with Gasteiger partial charge in [0.25, 0.3) is 0 Å². The van der Waals surface area contributed by atoms with Gasteiger partial charge in [-0.3, -0.25) is 4.98 Å². The van der Waals surface area contributed by atoms with Crippen LogP contribution in [0.1, 0.15) is 25.0 Å². The zero-order valence-electron chi connectivity index (χ0n) is 9.01. The molecule has 0 fully saturated rings. The summed E-state index contributed by atoms with van der Waals surface area (Å²) in [4.78, 5) is 14.7. The Balaban J connectivity index is 2.16. The smallest absolute Gasteiger partial charge is 0.404 e. The number of hydrogen-bond acceptors (Lipinski definition) is 3. The van der Waals surface area contributed by atoms with E-state index in [4.69, 9.17) is 9.84 Å². The molecule has 2 heterocycles. The van der Waals surface area contributed by atoms with Crippen molar-refractivity contribution < 1.29 is 14.6 Å². The molecule has 1 amide bonds. The summed E-state index contributed by atoms with van der Waals surface area (Å²) in [6.07, 6.45) is 1.57. The predicted octanol–water partition coefficient (Wildman–Crippen LogP) is 1.60. The van der Waals surface area contributed by atoms with Crippen LogP contribution in [0, 0.1) is 0 Å². The van der Waals surface area contributed by atoms with Crippen LogP contribution in [-0.2, 0) is 0 Å². The number of pyridine rings is 1. The lowest BCUT2D eigenvalue weighted by Gasteiger charge is -2.29. The summed E-state index contributed by atoms with van der Waals surface area (Å²) in [6, 6.07) is 3.68. The number of ether oxygens (including phenoxy) is 1. The van der Waals surface area contributed by atoms with E-state index < -0.39 is 6.09 Å². The topological polar surface area (TPSA) is 71.5 Å². The molecule has 86 valence electrons.